The Morgan fingerprint density at radius 3 is 2.53 bits per heavy atom. The number of rotatable bonds is 6. The van der Waals surface area contributed by atoms with Gasteiger partial charge in [-0.15, -0.1) is 0 Å². The summed E-state index contributed by atoms with van der Waals surface area (Å²) in [5.41, 5.74) is -0.647. The van der Waals surface area contributed by atoms with Crippen molar-refractivity contribution in [3.05, 3.63) is 29.3 Å². The van der Waals surface area contributed by atoms with Crippen molar-refractivity contribution in [1.29, 1.82) is 0 Å². The lowest BCUT2D eigenvalue weighted by Crippen LogP contribution is -2.29. The van der Waals surface area contributed by atoms with Crippen molar-refractivity contribution in [3.8, 4) is 0 Å². The van der Waals surface area contributed by atoms with Crippen LogP contribution in [0.25, 0.3) is 0 Å². The molecular weight excluding hydrogens is 276 g/mol. The van der Waals surface area contributed by atoms with Crippen LogP contribution in [0, 0.1) is 17.6 Å². The van der Waals surface area contributed by atoms with E-state index in [1.54, 1.807) is 0 Å². The average Bonchev–Trinajstić information content (AvgIpc) is 2.36. The minimum Gasteiger partial charge on any atom is -0.391 e. The van der Waals surface area contributed by atoms with Crippen molar-refractivity contribution in [1.82, 2.24) is 4.72 Å². The van der Waals surface area contributed by atoms with Crippen LogP contribution in [0.1, 0.15) is 25.8 Å². The maximum Gasteiger partial charge on any atom is 0.243 e. The van der Waals surface area contributed by atoms with Gasteiger partial charge in [-0.1, -0.05) is 20.3 Å². The SMILES string of the molecule is CCC(C)CNS(=O)(=O)c1ccc(F)c(CO)c1F. The Morgan fingerprint density at radius 1 is 1.37 bits per heavy atom. The zero-order valence-electron chi connectivity index (χ0n) is 10.8. The molecule has 7 heteroatoms. The van der Waals surface area contributed by atoms with Gasteiger partial charge in [0.05, 0.1) is 12.2 Å². The van der Waals surface area contributed by atoms with Crippen molar-refractivity contribution in [2.24, 2.45) is 5.92 Å². The first-order chi connectivity index (χ1) is 8.83. The predicted octanol–water partition coefficient (Wildman–Crippen LogP) is 1.78. The summed E-state index contributed by atoms with van der Waals surface area (Å²) in [6, 6.07) is 1.68. The molecule has 0 aliphatic heterocycles. The molecule has 0 aliphatic carbocycles. The Hall–Kier alpha value is -1.05. The van der Waals surface area contributed by atoms with Gasteiger partial charge in [-0.3, -0.25) is 0 Å². The predicted molar refractivity (Wildman–Crippen MR) is 66.9 cm³/mol. The Kier molecular flexibility index (Phi) is 5.39. The Bertz CT molecular complexity index is 546. The van der Waals surface area contributed by atoms with E-state index in [9.17, 15) is 17.2 Å². The molecular formula is C12H17F2NO3S. The van der Waals surface area contributed by atoms with Crippen LogP contribution in [0.4, 0.5) is 8.78 Å². The highest BCUT2D eigenvalue weighted by molar-refractivity contribution is 7.89. The second-order valence-corrected chi connectivity index (χ2v) is 6.10. The van der Waals surface area contributed by atoms with E-state index in [0.717, 1.165) is 18.6 Å². The molecule has 0 fully saturated rings. The van der Waals surface area contributed by atoms with Gasteiger partial charge in [0.25, 0.3) is 0 Å². The fourth-order valence-corrected chi connectivity index (χ4v) is 2.67. The molecule has 0 bridgehead atoms. The van der Waals surface area contributed by atoms with E-state index in [0.29, 0.717) is 0 Å². The van der Waals surface area contributed by atoms with Crippen LogP contribution < -0.4 is 4.72 Å². The van der Waals surface area contributed by atoms with Crippen molar-refractivity contribution < 1.29 is 22.3 Å². The summed E-state index contributed by atoms with van der Waals surface area (Å²) < 4.78 is 53.0. The topological polar surface area (TPSA) is 66.4 Å². The normalized spacial score (nSPS) is 13.5. The third-order valence-electron chi connectivity index (χ3n) is 2.92. The summed E-state index contributed by atoms with van der Waals surface area (Å²) in [4.78, 5) is -0.652. The van der Waals surface area contributed by atoms with Crippen molar-refractivity contribution in [3.63, 3.8) is 0 Å². The van der Waals surface area contributed by atoms with Crippen molar-refractivity contribution in [2.75, 3.05) is 6.54 Å². The van der Waals surface area contributed by atoms with E-state index >= 15 is 0 Å². The monoisotopic (exact) mass is 293 g/mol. The highest BCUT2D eigenvalue weighted by atomic mass is 32.2. The van der Waals surface area contributed by atoms with Crippen LogP contribution in [0.15, 0.2) is 17.0 Å². The first-order valence-electron chi connectivity index (χ1n) is 5.90. The molecule has 0 radical (unpaired) electrons. The highest BCUT2D eigenvalue weighted by Gasteiger charge is 2.23. The van der Waals surface area contributed by atoms with Crippen LogP contribution in [-0.4, -0.2) is 20.1 Å². The number of benzene rings is 1. The summed E-state index contributed by atoms with van der Waals surface area (Å²) in [7, 11) is -4.05. The smallest absolute Gasteiger partial charge is 0.243 e. The van der Waals surface area contributed by atoms with Gasteiger partial charge in [0, 0.05) is 6.54 Å². The second-order valence-electron chi connectivity index (χ2n) is 4.36. The fourth-order valence-electron chi connectivity index (χ4n) is 1.40. The molecule has 1 rings (SSSR count). The van der Waals surface area contributed by atoms with Crippen LogP contribution in [0.3, 0.4) is 0 Å². The van der Waals surface area contributed by atoms with Gasteiger partial charge in [-0.25, -0.2) is 21.9 Å². The summed E-state index contributed by atoms with van der Waals surface area (Å²) in [6.45, 7) is 3.03. The number of hydrogen-bond donors (Lipinski definition) is 2. The van der Waals surface area contributed by atoms with Crippen LogP contribution in [0.2, 0.25) is 0 Å². The molecule has 1 unspecified atom stereocenters. The number of nitrogens with one attached hydrogen (secondary N) is 1. The molecule has 4 nitrogen and oxygen atoms in total. The first kappa shape index (κ1) is 16.0. The minimum atomic E-state index is -4.05. The fraction of sp³-hybridized carbons (Fsp3) is 0.500. The molecule has 0 heterocycles. The van der Waals surface area contributed by atoms with E-state index in [2.05, 4.69) is 4.72 Å². The van der Waals surface area contributed by atoms with E-state index in [1.165, 1.54) is 0 Å². The average molecular weight is 293 g/mol. The molecule has 0 spiro atoms. The lowest BCUT2D eigenvalue weighted by atomic mass is 10.1. The molecule has 1 atom stereocenters. The zero-order valence-corrected chi connectivity index (χ0v) is 11.6. The van der Waals surface area contributed by atoms with Gasteiger partial charge >= 0.3 is 0 Å². The van der Waals surface area contributed by atoms with Crippen molar-refractivity contribution in [2.45, 2.75) is 31.8 Å². The van der Waals surface area contributed by atoms with Crippen LogP contribution in [-0.2, 0) is 16.6 Å². The van der Waals surface area contributed by atoms with Crippen LogP contribution in [0.5, 0.6) is 0 Å². The molecule has 1 aromatic carbocycles. The molecule has 108 valence electrons. The molecule has 1 aromatic rings. The molecule has 0 aliphatic rings. The molecule has 0 aromatic heterocycles. The summed E-state index contributed by atoms with van der Waals surface area (Å²) in [5, 5.41) is 8.85. The lowest BCUT2D eigenvalue weighted by Gasteiger charge is -2.12. The molecule has 0 saturated carbocycles. The Morgan fingerprint density at radius 2 is 2.00 bits per heavy atom. The van der Waals surface area contributed by atoms with Gasteiger partial charge < -0.3 is 5.11 Å². The van der Waals surface area contributed by atoms with E-state index in [1.807, 2.05) is 13.8 Å². The number of sulfonamides is 1. The Labute approximate surface area is 111 Å². The van der Waals surface area contributed by atoms with Gasteiger partial charge in [0.2, 0.25) is 10.0 Å². The molecule has 0 saturated heterocycles. The largest absolute Gasteiger partial charge is 0.391 e. The van der Waals surface area contributed by atoms with Gasteiger partial charge in [-0.2, -0.15) is 0 Å². The Balaban J connectivity index is 3.09. The first-order valence-corrected chi connectivity index (χ1v) is 7.39. The van der Waals surface area contributed by atoms with Gasteiger partial charge in [0.15, 0.2) is 5.82 Å². The summed E-state index contributed by atoms with van der Waals surface area (Å²) in [6.07, 6.45) is 0.774. The maximum atomic E-state index is 13.8. The quantitative estimate of drug-likeness (QED) is 0.840. The third-order valence-corrected chi connectivity index (χ3v) is 4.36. The van der Waals surface area contributed by atoms with Gasteiger partial charge in [0.1, 0.15) is 10.7 Å². The van der Waals surface area contributed by atoms with Crippen LogP contribution >= 0.6 is 0 Å². The number of aliphatic hydroxyl groups is 1. The number of hydrogen-bond acceptors (Lipinski definition) is 3. The van der Waals surface area contributed by atoms with Crippen molar-refractivity contribution >= 4 is 10.0 Å². The standard InChI is InChI=1S/C12H17F2NO3S/c1-3-8(2)6-15-19(17,18)11-5-4-10(13)9(7-16)12(11)14/h4-5,8,15-16H,3,6-7H2,1-2H3. The maximum absolute atomic E-state index is 13.8. The number of aliphatic hydroxyl groups excluding tert-OH is 1. The van der Waals surface area contributed by atoms with Gasteiger partial charge in [-0.05, 0) is 18.1 Å². The third kappa shape index (κ3) is 3.71. The minimum absolute atomic E-state index is 0.107. The molecule has 0 amide bonds. The second kappa shape index (κ2) is 6.40. The summed E-state index contributed by atoms with van der Waals surface area (Å²) in [5.74, 6) is -2.12. The van der Waals surface area contributed by atoms with E-state index in [4.69, 9.17) is 5.11 Å². The zero-order chi connectivity index (χ0) is 14.6. The van der Waals surface area contributed by atoms with E-state index < -0.39 is 38.7 Å². The lowest BCUT2D eigenvalue weighted by molar-refractivity contribution is 0.267. The molecule has 2 N–H and O–H groups in total. The summed E-state index contributed by atoms with van der Waals surface area (Å²) >= 11 is 0. The van der Waals surface area contributed by atoms with E-state index in [-0.39, 0.29) is 12.5 Å². The highest BCUT2D eigenvalue weighted by Crippen LogP contribution is 2.21. The molecule has 19 heavy (non-hydrogen) atoms. The number of halogens is 2.